The van der Waals surface area contributed by atoms with Gasteiger partial charge in [-0.25, -0.2) is 0 Å². The number of aliphatic carboxylic acids is 1. The zero-order valence-electron chi connectivity index (χ0n) is 13.9. The number of pyridine rings is 1. The summed E-state index contributed by atoms with van der Waals surface area (Å²) < 4.78 is 0. The van der Waals surface area contributed by atoms with Gasteiger partial charge in [0.1, 0.15) is 6.04 Å². The third kappa shape index (κ3) is 2.89. The monoisotopic (exact) mass is 332 g/mol. The summed E-state index contributed by atoms with van der Waals surface area (Å²) in [5.41, 5.74) is 2.01. The topological polar surface area (TPSA) is 53.4 Å². The van der Waals surface area contributed by atoms with Gasteiger partial charge in [0, 0.05) is 12.7 Å². The normalized spacial score (nSPS) is 19.1. The summed E-state index contributed by atoms with van der Waals surface area (Å²) in [6, 6.07) is 19.7. The van der Waals surface area contributed by atoms with Crippen molar-refractivity contribution in [3.63, 3.8) is 0 Å². The largest absolute Gasteiger partial charge is 0.480 e. The number of nitrogens with zero attached hydrogens (tertiary/aromatic N) is 2. The minimum absolute atomic E-state index is 0.157. The number of hydrogen-bond donors (Lipinski definition) is 1. The number of carboxylic acid groups (broad SMARTS) is 1. The van der Waals surface area contributed by atoms with Crippen LogP contribution in [0.3, 0.4) is 0 Å². The van der Waals surface area contributed by atoms with Gasteiger partial charge in [0.15, 0.2) is 0 Å². The molecule has 3 aromatic rings. The van der Waals surface area contributed by atoms with Gasteiger partial charge in [0.2, 0.25) is 0 Å². The van der Waals surface area contributed by atoms with Gasteiger partial charge in [0.25, 0.3) is 0 Å². The highest BCUT2D eigenvalue weighted by Crippen LogP contribution is 2.37. The standard InChI is InChI=1S/C21H20N2O2/c24-21(25)19-12-6-14-23(19)20(18-11-3-4-13-22-18)17-10-5-8-15-7-1-2-9-16(15)17/h1-5,7-11,13,19-20H,6,12,14H2,(H,24,25). The quantitative estimate of drug-likeness (QED) is 0.788. The lowest BCUT2D eigenvalue weighted by molar-refractivity contribution is -0.142. The second kappa shape index (κ2) is 6.65. The van der Waals surface area contributed by atoms with Crippen LogP contribution in [0.4, 0.5) is 0 Å². The number of hydrogen-bond acceptors (Lipinski definition) is 3. The van der Waals surface area contributed by atoms with Gasteiger partial charge in [-0.2, -0.15) is 0 Å². The van der Waals surface area contributed by atoms with Crippen molar-refractivity contribution in [3.8, 4) is 0 Å². The molecule has 4 nitrogen and oxygen atoms in total. The fourth-order valence-corrected chi connectivity index (χ4v) is 3.90. The molecule has 1 aromatic heterocycles. The lowest BCUT2D eigenvalue weighted by atomic mass is 9.94. The van der Waals surface area contributed by atoms with Crippen LogP contribution in [0.2, 0.25) is 0 Å². The van der Waals surface area contributed by atoms with Crippen LogP contribution in [0, 0.1) is 0 Å². The Morgan fingerprint density at radius 3 is 2.68 bits per heavy atom. The second-order valence-corrected chi connectivity index (χ2v) is 6.46. The fourth-order valence-electron chi connectivity index (χ4n) is 3.90. The first-order valence-corrected chi connectivity index (χ1v) is 8.63. The summed E-state index contributed by atoms with van der Waals surface area (Å²) in [4.78, 5) is 18.4. The first kappa shape index (κ1) is 15.8. The molecule has 2 unspecified atom stereocenters. The van der Waals surface area contributed by atoms with Crippen molar-refractivity contribution in [3.05, 3.63) is 78.1 Å². The van der Waals surface area contributed by atoms with E-state index in [4.69, 9.17) is 0 Å². The van der Waals surface area contributed by atoms with Crippen LogP contribution < -0.4 is 0 Å². The summed E-state index contributed by atoms with van der Waals surface area (Å²) in [6.45, 7) is 0.765. The average Bonchev–Trinajstić information content (AvgIpc) is 3.13. The molecule has 2 atom stereocenters. The van der Waals surface area contributed by atoms with Gasteiger partial charge in [-0.05, 0) is 41.3 Å². The Bertz CT molecular complexity index is 889. The van der Waals surface area contributed by atoms with Crippen molar-refractivity contribution in [2.75, 3.05) is 6.54 Å². The lowest BCUT2D eigenvalue weighted by Crippen LogP contribution is -2.39. The van der Waals surface area contributed by atoms with Crippen molar-refractivity contribution >= 4 is 16.7 Å². The number of carboxylic acids is 1. The van der Waals surface area contributed by atoms with Crippen molar-refractivity contribution in [2.24, 2.45) is 0 Å². The summed E-state index contributed by atoms with van der Waals surface area (Å²) in [5, 5.41) is 12.0. The van der Waals surface area contributed by atoms with Crippen molar-refractivity contribution in [1.82, 2.24) is 9.88 Å². The molecule has 0 aliphatic carbocycles. The molecule has 2 aromatic carbocycles. The van der Waals surface area contributed by atoms with Crippen LogP contribution >= 0.6 is 0 Å². The molecule has 4 heteroatoms. The third-order valence-corrected chi connectivity index (χ3v) is 5.00. The molecule has 0 saturated carbocycles. The first-order valence-electron chi connectivity index (χ1n) is 8.63. The highest BCUT2D eigenvalue weighted by Gasteiger charge is 2.37. The van der Waals surface area contributed by atoms with Gasteiger partial charge in [-0.15, -0.1) is 0 Å². The molecule has 1 aliphatic heterocycles. The van der Waals surface area contributed by atoms with Gasteiger partial charge in [-0.3, -0.25) is 14.7 Å². The van der Waals surface area contributed by atoms with Crippen LogP contribution in [0.1, 0.15) is 30.1 Å². The van der Waals surface area contributed by atoms with E-state index < -0.39 is 12.0 Å². The Balaban J connectivity index is 1.90. The SMILES string of the molecule is O=C(O)C1CCCN1C(c1ccccn1)c1cccc2ccccc12. The predicted molar refractivity (Wildman–Crippen MR) is 97.4 cm³/mol. The maximum Gasteiger partial charge on any atom is 0.320 e. The highest BCUT2D eigenvalue weighted by molar-refractivity contribution is 5.86. The number of fused-ring (bicyclic) bond motifs is 1. The van der Waals surface area contributed by atoms with Gasteiger partial charge in [-0.1, -0.05) is 48.5 Å². The molecule has 1 saturated heterocycles. The molecule has 25 heavy (non-hydrogen) atoms. The van der Waals surface area contributed by atoms with E-state index in [1.165, 1.54) is 0 Å². The van der Waals surface area contributed by atoms with Crippen LogP contribution in [0.15, 0.2) is 66.9 Å². The Morgan fingerprint density at radius 2 is 1.88 bits per heavy atom. The zero-order valence-corrected chi connectivity index (χ0v) is 13.9. The maximum atomic E-state index is 11.8. The summed E-state index contributed by atoms with van der Waals surface area (Å²) in [5.74, 6) is -0.751. The molecule has 126 valence electrons. The summed E-state index contributed by atoms with van der Waals surface area (Å²) in [7, 11) is 0. The van der Waals surface area contributed by atoms with E-state index in [0.29, 0.717) is 6.42 Å². The van der Waals surface area contributed by atoms with Crippen molar-refractivity contribution < 1.29 is 9.90 Å². The van der Waals surface area contributed by atoms with Crippen molar-refractivity contribution in [2.45, 2.75) is 24.9 Å². The third-order valence-electron chi connectivity index (χ3n) is 5.00. The van der Waals surface area contributed by atoms with Crippen LogP contribution in [0.5, 0.6) is 0 Å². The Kier molecular flexibility index (Phi) is 4.20. The molecule has 0 radical (unpaired) electrons. The van der Waals surface area contributed by atoms with Gasteiger partial charge >= 0.3 is 5.97 Å². The van der Waals surface area contributed by atoms with Gasteiger partial charge < -0.3 is 5.11 Å². The lowest BCUT2D eigenvalue weighted by Gasteiger charge is -2.32. The highest BCUT2D eigenvalue weighted by atomic mass is 16.4. The Hall–Kier alpha value is -2.72. The predicted octanol–water partition coefficient (Wildman–Crippen LogP) is 3.87. The Morgan fingerprint density at radius 1 is 1.08 bits per heavy atom. The molecule has 2 heterocycles. The molecule has 1 aliphatic rings. The summed E-state index contributed by atoms with van der Waals surface area (Å²) >= 11 is 0. The first-order chi connectivity index (χ1) is 12.3. The number of likely N-dealkylation sites (tertiary alicyclic amines) is 1. The van der Waals surface area contributed by atoms with E-state index >= 15 is 0 Å². The van der Waals surface area contributed by atoms with E-state index in [2.05, 4.69) is 34.1 Å². The maximum absolute atomic E-state index is 11.8. The molecule has 0 spiro atoms. The van der Waals surface area contributed by atoms with E-state index in [-0.39, 0.29) is 6.04 Å². The fraction of sp³-hybridized carbons (Fsp3) is 0.238. The minimum Gasteiger partial charge on any atom is -0.480 e. The van der Waals surface area contributed by atoms with E-state index in [1.807, 2.05) is 36.4 Å². The number of rotatable bonds is 4. The van der Waals surface area contributed by atoms with Gasteiger partial charge in [0.05, 0.1) is 11.7 Å². The van der Waals surface area contributed by atoms with E-state index in [9.17, 15) is 9.90 Å². The number of aromatic nitrogens is 1. The average molecular weight is 332 g/mol. The molecule has 1 fully saturated rings. The Labute approximate surface area is 146 Å². The molecule has 0 bridgehead atoms. The molecule has 4 rings (SSSR count). The second-order valence-electron chi connectivity index (χ2n) is 6.46. The molecule has 1 N–H and O–H groups in total. The van der Waals surface area contributed by atoms with E-state index in [1.54, 1.807) is 6.20 Å². The summed E-state index contributed by atoms with van der Waals surface area (Å²) in [6.07, 6.45) is 3.35. The van der Waals surface area contributed by atoms with Crippen molar-refractivity contribution in [1.29, 1.82) is 0 Å². The van der Waals surface area contributed by atoms with Crippen LogP contribution in [-0.4, -0.2) is 33.5 Å². The smallest absolute Gasteiger partial charge is 0.320 e. The molecular formula is C21H20N2O2. The number of carbonyl (C=O) groups is 1. The van der Waals surface area contributed by atoms with E-state index in [0.717, 1.165) is 35.0 Å². The van der Waals surface area contributed by atoms with Crippen LogP contribution in [0.25, 0.3) is 10.8 Å². The zero-order chi connectivity index (χ0) is 17.2. The molecular weight excluding hydrogens is 312 g/mol. The van der Waals surface area contributed by atoms with Crippen LogP contribution in [-0.2, 0) is 4.79 Å². The number of benzene rings is 2. The minimum atomic E-state index is -0.751. The molecule has 0 amide bonds.